The number of anilines is 1. The van der Waals surface area contributed by atoms with E-state index in [-0.39, 0.29) is 11.5 Å². The van der Waals surface area contributed by atoms with Crippen LogP contribution >= 0.6 is 0 Å². The molecule has 2 aromatic rings. The number of nitrogens with zero attached hydrogens (tertiary/aromatic N) is 4. The minimum absolute atomic E-state index is 0.108. The van der Waals surface area contributed by atoms with Crippen LogP contribution in [0.25, 0.3) is 0 Å². The standard InChI is InChI=1S/C25H32N4O4/c1-28(2)12-4-14-32-24-26-11-8-21(27-24)29-13-10-25-9-7-18(30)15-20(25)33-23-19(31-3)6-5-17(16-29)22(23)25/h5-9,11,18,20,30H,4,10,12-16H2,1-3H3. The Morgan fingerprint density at radius 2 is 2.18 bits per heavy atom. The highest BCUT2D eigenvalue weighted by Gasteiger charge is 2.52. The SMILES string of the molecule is COc1ccc2c3c1OC1CC(O)C=CC31CCN(c1ccnc(OCCCN(C)C)n1)C2. The van der Waals surface area contributed by atoms with Crippen LogP contribution in [-0.2, 0) is 12.0 Å². The molecule has 0 radical (unpaired) electrons. The molecule has 0 saturated carbocycles. The van der Waals surface area contributed by atoms with E-state index in [0.29, 0.717) is 25.6 Å². The van der Waals surface area contributed by atoms with Crippen molar-refractivity contribution >= 4 is 5.82 Å². The summed E-state index contributed by atoms with van der Waals surface area (Å²) in [7, 11) is 5.77. The molecule has 0 bridgehead atoms. The van der Waals surface area contributed by atoms with Gasteiger partial charge in [-0.2, -0.15) is 4.98 Å². The Morgan fingerprint density at radius 1 is 1.30 bits per heavy atom. The zero-order valence-corrected chi connectivity index (χ0v) is 19.5. The van der Waals surface area contributed by atoms with Crippen LogP contribution in [0.5, 0.6) is 17.5 Å². The molecule has 33 heavy (non-hydrogen) atoms. The third-order valence-corrected chi connectivity index (χ3v) is 6.88. The molecule has 176 valence electrons. The molecule has 3 heterocycles. The summed E-state index contributed by atoms with van der Waals surface area (Å²) in [6.45, 7) is 3.05. The van der Waals surface area contributed by atoms with Crippen molar-refractivity contribution in [2.75, 3.05) is 45.8 Å². The lowest BCUT2D eigenvalue weighted by atomic mass is 9.69. The number of methoxy groups -OCH3 is 1. The van der Waals surface area contributed by atoms with Gasteiger partial charge in [-0.15, -0.1) is 0 Å². The van der Waals surface area contributed by atoms with Crippen molar-refractivity contribution in [1.29, 1.82) is 0 Å². The third kappa shape index (κ3) is 4.02. The highest BCUT2D eigenvalue weighted by atomic mass is 16.5. The van der Waals surface area contributed by atoms with E-state index >= 15 is 0 Å². The van der Waals surface area contributed by atoms with Gasteiger partial charge in [-0.25, -0.2) is 4.98 Å². The summed E-state index contributed by atoms with van der Waals surface area (Å²) in [5.41, 5.74) is 2.11. The lowest BCUT2D eigenvalue weighted by Crippen LogP contribution is -2.43. The Labute approximate surface area is 194 Å². The molecule has 2 aliphatic heterocycles. The van der Waals surface area contributed by atoms with Crippen molar-refractivity contribution in [2.45, 2.75) is 43.4 Å². The molecule has 5 rings (SSSR count). The van der Waals surface area contributed by atoms with E-state index in [9.17, 15) is 5.11 Å². The molecule has 1 N–H and O–H groups in total. The van der Waals surface area contributed by atoms with E-state index in [0.717, 1.165) is 43.2 Å². The van der Waals surface area contributed by atoms with Crippen molar-refractivity contribution in [2.24, 2.45) is 0 Å². The Balaban J connectivity index is 1.43. The number of rotatable bonds is 7. The fraction of sp³-hybridized carbons (Fsp3) is 0.520. The van der Waals surface area contributed by atoms with Gasteiger partial charge in [-0.1, -0.05) is 18.2 Å². The zero-order valence-electron chi connectivity index (χ0n) is 19.5. The summed E-state index contributed by atoms with van der Waals surface area (Å²) >= 11 is 0. The number of aliphatic hydroxyl groups is 1. The summed E-state index contributed by atoms with van der Waals surface area (Å²) in [4.78, 5) is 13.4. The molecule has 3 unspecified atom stereocenters. The van der Waals surface area contributed by atoms with E-state index in [4.69, 9.17) is 19.2 Å². The maximum absolute atomic E-state index is 10.3. The first-order valence-corrected chi connectivity index (χ1v) is 11.6. The molecular weight excluding hydrogens is 420 g/mol. The zero-order chi connectivity index (χ0) is 23.0. The molecule has 0 fully saturated rings. The fourth-order valence-electron chi connectivity index (χ4n) is 5.25. The van der Waals surface area contributed by atoms with Crippen LogP contribution in [0.4, 0.5) is 5.82 Å². The van der Waals surface area contributed by atoms with Crippen LogP contribution < -0.4 is 19.1 Å². The van der Waals surface area contributed by atoms with Crippen LogP contribution in [0.1, 0.15) is 30.4 Å². The van der Waals surface area contributed by atoms with Gasteiger partial charge in [-0.05, 0) is 44.6 Å². The molecule has 3 aliphatic rings. The highest BCUT2D eigenvalue weighted by Crippen LogP contribution is 2.55. The molecule has 8 heteroatoms. The van der Waals surface area contributed by atoms with Gasteiger partial charge in [0.2, 0.25) is 0 Å². The van der Waals surface area contributed by atoms with Gasteiger partial charge >= 0.3 is 6.01 Å². The van der Waals surface area contributed by atoms with Crippen LogP contribution in [0, 0.1) is 0 Å². The summed E-state index contributed by atoms with van der Waals surface area (Å²) < 4.78 is 17.8. The Hall–Kier alpha value is -2.84. The van der Waals surface area contributed by atoms with Gasteiger partial charge < -0.3 is 29.1 Å². The summed E-state index contributed by atoms with van der Waals surface area (Å²) in [5, 5.41) is 10.3. The highest BCUT2D eigenvalue weighted by molar-refractivity contribution is 5.62. The molecule has 1 aromatic carbocycles. The quantitative estimate of drug-likeness (QED) is 0.507. The van der Waals surface area contributed by atoms with E-state index in [1.54, 1.807) is 13.3 Å². The van der Waals surface area contributed by atoms with Gasteiger partial charge in [0.05, 0.1) is 25.2 Å². The number of benzene rings is 1. The first-order valence-electron chi connectivity index (χ1n) is 11.6. The lowest BCUT2D eigenvalue weighted by Gasteiger charge is -2.35. The number of hydrogen-bond acceptors (Lipinski definition) is 8. The smallest absolute Gasteiger partial charge is 0.318 e. The number of ether oxygens (including phenoxy) is 3. The van der Waals surface area contributed by atoms with Gasteiger partial charge in [0.25, 0.3) is 0 Å². The first kappa shape index (κ1) is 22.0. The van der Waals surface area contributed by atoms with Crippen molar-refractivity contribution in [1.82, 2.24) is 14.9 Å². The molecule has 1 aliphatic carbocycles. The van der Waals surface area contributed by atoms with Crippen LogP contribution in [-0.4, -0.2) is 73.1 Å². The minimum Gasteiger partial charge on any atom is -0.493 e. The number of aliphatic hydroxyl groups excluding tert-OH is 1. The van der Waals surface area contributed by atoms with Gasteiger partial charge in [0.15, 0.2) is 11.5 Å². The number of aromatic nitrogens is 2. The summed E-state index contributed by atoms with van der Waals surface area (Å²) in [6, 6.07) is 6.45. The minimum atomic E-state index is -0.488. The van der Waals surface area contributed by atoms with Crippen molar-refractivity contribution in [3.8, 4) is 17.5 Å². The maximum Gasteiger partial charge on any atom is 0.318 e. The molecule has 0 saturated heterocycles. The normalized spacial score (nSPS) is 25.3. The average Bonchev–Trinajstić information content (AvgIpc) is 3.04. The van der Waals surface area contributed by atoms with Crippen molar-refractivity contribution in [3.05, 3.63) is 47.7 Å². The van der Waals surface area contributed by atoms with Crippen LogP contribution in [0.3, 0.4) is 0 Å². The van der Waals surface area contributed by atoms with E-state index in [1.165, 1.54) is 11.1 Å². The predicted octanol–water partition coefficient (Wildman–Crippen LogP) is 2.55. The lowest BCUT2D eigenvalue weighted by molar-refractivity contribution is 0.0856. The van der Waals surface area contributed by atoms with E-state index < -0.39 is 6.10 Å². The average molecular weight is 453 g/mol. The summed E-state index contributed by atoms with van der Waals surface area (Å²) in [5.74, 6) is 2.41. The largest absolute Gasteiger partial charge is 0.493 e. The maximum atomic E-state index is 10.3. The Kier molecular flexibility index (Phi) is 5.88. The van der Waals surface area contributed by atoms with Gasteiger partial charge in [-0.3, -0.25) is 0 Å². The Bertz CT molecular complexity index is 1040. The molecule has 1 spiro atoms. The molecule has 0 amide bonds. The van der Waals surface area contributed by atoms with E-state index in [2.05, 4.69) is 41.0 Å². The number of hydrogen-bond donors (Lipinski definition) is 1. The second-order valence-corrected chi connectivity index (χ2v) is 9.31. The molecular formula is C25H32N4O4. The molecule has 1 aromatic heterocycles. The van der Waals surface area contributed by atoms with Crippen molar-refractivity contribution in [3.63, 3.8) is 0 Å². The molecule has 3 atom stereocenters. The van der Waals surface area contributed by atoms with Crippen LogP contribution in [0.15, 0.2) is 36.5 Å². The fourth-order valence-corrected chi connectivity index (χ4v) is 5.25. The van der Waals surface area contributed by atoms with Crippen molar-refractivity contribution < 1.29 is 19.3 Å². The summed E-state index contributed by atoms with van der Waals surface area (Å²) in [6.07, 6.45) is 7.59. The molecule has 8 nitrogen and oxygen atoms in total. The van der Waals surface area contributed by atoms with Gasteiger partial charge in [0.1, 0.15) is 11.9 Å². The van der Waals surface area contributed by atoms with E-state index in [1.807, 2.05) is 18.2 Å². The van der Waals surface area contributed by atoms with Crippen LogP contribution in [0.2, 0.25) is 0 Å². The Morgan fingerprint density at radius 3 is 3.00 bits per heavy atom. The third-order valence-electron chi connectivity index (χ3n) is 6.88. The first-order chi connectivity index (χ1) is 16.0. The second kappa shape index (κ2) is 8.83. The van der Waals surface area contributed by atoms with Gasteiger partial charge in [0, 0.05) is 37.8 Å². The topological polar surface area (TPSA) is 80.2 Å². The predicted molar refractivity (Wildman–Crippen MR) is 125 cm³/mol. The second-order valence-electron chi connectivity index (χ2n) is 9.31. The monoisotopic (exact) mass is 452 g/mol.